The van der Waals surface area contributed by atoms with Gasteiger partial charge in [0, 0.05) is 18.0 Å². The molecule has 142 valence electrons. The third-order valence-corrected chi connectivity index (χ3v) is 3.67. The molecule has 0 bridgehead atoms. The zero-order chi connectivity index (χ0) is 19.8. The molecule has 2 aromatic carbocycles. The van der Waals surface area contributed by atoms with E-state index in [0.717, 1.165) is 0 Å². The van der Waals surface area contributed by atoms with Crippen LogP contribution < -0.4 is 25.6 Å². The van der Waals surface area contributed by atoms with Crippen molar-refractivity contribution in [2.45, 2.75) is 12.5 Å². The van der Waals surface area contributed by atoms with Gasteiger partial charge in [0.2, 0.25) is 0 Å². The summed E-state index contributed by atoms with van der Waals surface area (Å²) in [6.45, 7) is -0.330. The summed E-state index contributed by atoms with van der Waals surface area (Å²) in [6, 6.07) is 12.2. The molecular formula is C19H19N2O6-. The molecule has 0 spiro atoms. The van der Waals surface area contributed by atoms with E-state index in [9.17, 15) is 19.5 Å². The maximum atomic E-state index is 12.4. The van der Waals surface area contributed by atoms with Crippen LogP contribution in [0, 0.1) is 0 Å². The van der Waals surface area contributed by atoms with Gasteiger partial charge in [0.25, 0.3) is 11.8 Å². The Hall–Kier alpha value is -3.55. The molecule has 0 aliphatic rings. The van der Waals surface area contributed by atoms with E-state index < -0.39 is 30.2 Å². The molecule has 2 aromatic rings. The van der Waals surface area contributed by atoms with Gasteiger partial charge in [0.05, 0.1) is 13.2 Å². The number of benzene rings is 2. The van der Waals surface area contributed by atoms with Crippen molar-refractivity contribution in [3.63, 3.8) is 0 Å². The second-order valence-electron chi connectivity index (χ2n) is 5.63. The first-order valence-electron chi connectivity index (χ1n) is 8.05. The number of carbonyl (C=O) groups excluding carboxylic acids is 3. The fraction of sp³-hybridized carbons (Fsp3) is 0.211. The summed E-state index contributed by atoms with van der Waals surface area (Å²) in [7, 11) is 1.40. The summed E-state index contributed by atoms with van der Waals surface area (Å²) < 4.78 is 10.5. The molecule has 0 aromatic heterocycles. The number of carboxylic acids is 1. The van der Waals surface area contributed by atoms with Gasteiger partial charge in [-0.05, 0) is 29.8 Å². The first-order chi connectivity index (χ1) is 12.9. The number of hydrogen-bond donors (Lipinski definition) is 2. The van der Waals surface area contributed by atoms with Crippen LogP contribution in [0.3, 0.4) is 0 Å². The normalized spacial score (nSPS) is 11.3. The van der Waals surface area contributed by atoms with Gasteiger partial charge in [-0.2, -0.15) is 0 Å². The lowest BCUT2D eigenvalue weighted by Crippen LogP contribution is -2.34. The van der Waals surface area contributed by atoms with Gasteiger partial charge in [-0.1, -0.05) is 24.3 Å². The van der Waals surface area contributed by atoms with Crippen molar-refractivity contribution in [2.75, 3.05) is 13.7 Å². The predicted octanol–water partition coefficient (Wildman–Crippen LogP) is 0.170. The molecule has 8 heteroatoms. The third kappa shape index (κ3) is 5.74. The van der Waals surface area contributed by atoms with E-state index in [2.05, 4.69) is 5.32 Å². The molecule has 0 fully saturated rings. The van der Waals surface area contributed by atoms with Gasteiger partial charge in [0.15, 0.2) is 18.1 Å². The molecule has 0 saturated heterocycles. The SMILES string of the molecule is COc1cc(C(CC(=O)[O-])NC(=O)c2ccccc2)ccc1OCC(N)=O. The van der Waals surface area contributed by atoms with Crippen LogP contribution in [0.2, 0.25) is 0 Å². The lowest BCUT2D eigenvalue weighted by Gasteiger charge is -2.21. The van der Waals surface area contributed by atoms with Crippen LogP contribution in [-0.2, 0) is 9.59 Å². The highest BCUT2D eigenvalue weighted by molar-refractivity contribution is 5.94. The van der Waals surface area contributed by atoms with E-state index in [1.54, 1.807) is 36.4 Å². The lowest BCUT2D eigenvalue weighted by atomic mass is 10.0. The predicted molar refractivity (Wildman–Crippen MR) is 94.0 cm³/mol. The fourth-order valence-corrected chi connectivity index (χ4v) is 2.42. The van der Waals surface area contributed by atoms with E-state index in [0.29, 0.717) is 11.1 Å². The molecule has 1 unspecified atom stereocenters. The Labute approximate surface area is 155 Å². The number of aliphatic carboxylic acids is 1. The van der Waals surface area contributed by atoms with E-state index in [4.69, 9.17) is 15.2 Å². The summed E-state index contributed by atoms with van der Waals surface area (Å²) in [4.78, 5) is 34.4. The molecule has 0 saturated carbocycles. The monoisotopic (exact) mass is 371 g/mol. The quantitative estimate of drug-likeness (QED) is 0.646. The molecule has 27 heavy (non-hydrogen) atoms. The number of ether oxygens (including phenoxy) is 2. The number of nitrogens with one attached hydrogen (secondary N) is 1. The molecule has 3 N–H and O–H groups in total. The molecule has 0 heterocycles. The van der Waals surface area contributed by atoms with E-state index in [1.165, 1.54) is 19.2 Å². The van der Waals surface area contributed by atoms with Crippen molar-refractivity contribution in [1.82, 2.24) is 5.32 Å². The molecular weight excluding hydrogens is 352 g/mol. The minimum atomic E-state index is -1.32. The van der Waals surface area contributed by atoms with E-state index in [1.807, 2.05) is 0 Å². The van der Waals surface area contributed by atoms with Crippen LogP contribution in [0.25, 0.3) is 0 Å². The fourth-order valence-electron chi connectivity index (χ4n) is 2.42. The van der Waals surface area contributed by atoms with Gasteiger partial charge in [-0.15, -0.1) is 0 Å². The first-order valence-corrected chi connectivity index (χ1v) is 8.05. The van der Waals surface area contributed by atoms with E-state index >= 15 is 0 Å². The van der Waals surface area contributed by atoms with Crippen molar-refractivity contribution in [3.8, 4) is 11.5 Å². The van der Waals surface area contributed by atoms with Crippen LogP contribution in [0.1, 0.15) is 28.4 Å². The number of carbonyl (C=O) groups is 3. The van der Waals surface area contributed by atoms with Crippen molar-refractivity contribution in [2.24, 2.45) is 5.73 Å². The second kappa shape index (κ2) is 9.23. The summed E-state index contributed by atoms with van der Waals surface area (Å²) in [5.41, 5.74) is 5.93. The van der Waals surface area contributed by atoms with Gasteiger partial charge in [0.1, 0.15) is 0 Å². The van der Waals surface area contributed by atoms with Crippen molar-refractivity contribution >= 4 is 17.8 Å². The summed E-state index contributed by atoms with van der Waals surface area (Å²) >= 11 is 0. The molecule has 2 rings (SSSR count). The Morgan fingerprint density at radius 1 is 1.11 bits per heavy atom. The molecule has 1 atom stereocenters. The topological polar surface area (TPSA) is 131 Å². The molecule has 0 aliphatic heterocycles. The van der Waals surface area contributed by atoms with Crippen LogP contribution in [0.4, 0.5) is 0 Å². The zero-order valence-corrected chi connectivity index (χ0v) is 14.6. The number of carboxylic acid groups (broad SMARTS) is 1. The number of primary amides is 1. The maximum absolute atomic E-state index is 12.4. The van der Waals surface area contributed by atoms with Crippen LogP contribution in [0.15, 0.2) is 48.5 Å². The van der Waals surface area contributed by atoms with Crippen LogP contribution >= 0.6 is 0 Å². The number of hydrogen-bond acceptors (Lipinski definition) is 6. The minimum Gasteiger partial charge on any atom is -0.550 e. The largest absolute Gasteiger partial charge is 0.550 e. The lowest BCUT2D eigenvalue weighted by molar-refractivity contribution is -0.306. The van der Waals surface area contributed by atoms with Gasteiger partial charge in [-0.3, -0.25) is 9.59 Å². The Bertz CT molecular complexity index is 822. The number of methoxy groups -OCH3 is 1. The van der Waals surface area contributed by atoms with Crippen molar-refractivity contribution in [1.29, 1.82) is 0 Å². The van der Waals surface area contributed by atoms with E-state index in [-0.39, 0.29) is 18.1 Å². The number of nitrogens with two attached hydrogens (primary N) is 1. The molecule has 8 nitrogen and oxygen atoms in total. The molecule has 2 amide bonds. The Morgan fingerprint density at radius 2 is 1.81 bits per heavy atom. The second-order valence-corrected chi connectivity index (χ2v) is 5.63. The van der Waals surface area contributed by atoms with Gasteiger partial charge in [-0.25, -0.2) is 0 Å². The van der Waals surface area contributed by atoms with Crippen LogP contribution in [-0.4, -0.2) is 31.5 Å². The van der Waals surface area contributed by atoms with Crippen molar-refractivity contribution in [3.05, 3.63) is 59.7 Å². The van der Waals surface area contributed by atoms with Gasteiger partial charge < -0.3 is 30.4 Å². The maximum Gasteiger partial charge on any atom is 0.255 e. The standard InChI is InChI=1S/C19H20N2O6/c1-26-16-9-13(7-8-15(16)27-11-17(20)22)14(10-18(23)24)21-19(25)12-5-3-2-4-6-12/h2-9,14H,10-11H2,1H3,(H2,20,22)(H,21,25)(H,23,24)/p-1. The highest BCUT2D eigenvalue weighted by Gasteiger charge is 2.18. The highest BCUT2D eigenvalue weighted by Crippen LogP contribution is 2.31. The van der Waals surface area contributed by atoms with Gasteiger partial charge >= 0.3 is 0 Å². The molecule has 0 radical (unpaired) electrons. The summed E-state index contributed by atoms with van der Waals surface area (Å²) in [5, 5.41) is 13.8. The molecule has 0 aliphatic carbocycles. The smallest absolute Gasteiger partial charge is 0.255 e. The minimum absolute atomic E-state index is 0.265. The Kier molecular flexibility index (Phi) is 6.76. The average Bonchev–Trinajstić information content (AvgIpc) is 2.65. The Balaban J connectivity index is 2.26. The summed E-state index contributed by atoms with van der Waals surface area (Å²) in [5.74, 6) is -1.85. The number of amides is 2. The zero-order valence-electron chi connectivity index (χ0n) is 14.6. The first kappa shape index (κ1) is 19.8. The summed E-state index contributed by atoms with van der Waals surface area (Å²) in [6.07, 6.45) is -0.427. The van der Waals surface area contributed by atoms with Crippen molar-refractivity contribution < 1.29 is 29.0 Å². The average molecular weight is 371 g/mol. The third-order valence-electron chi connectivity index (χ3n) is 3.67. The number of rotatable bonds is 9. The van der Waals surface area contributed by atoms with Crippen LogP contribution in [0.5, 0.6) is 11.5 Å². The Morgan fingerprint density at radius 3 is 2.41 bits per heavy atom. The highest BCUT2D eigenvalue weighted by atomic mass is 16.5.